The molecule has 0 rings (SSSR count). The number of unbranched alkanes of at least 4 members (excludes halogenated alkanes) is 10. The maximum Gasteiger partial charge on any atom is 0.309 e. The first-order valence-corrected chi connectivity index (χ1v) is 16.4. The summed E-state index contributed by atoms with van der Waals surface area (Å²) in [7, 11) is 0.486. The molecule has 0 aromatic heterocycles. The van der Waals surface area contributed by atoms with Crippen molar-refractivity contribution in [2.24, 2.45) is 5.92 Å². The Kier molecular flexibility index (Phi) is 20.7. The Morgan fingerprint density at radius 3 is 1.82 bits per heavy atom. The van der Waals surface area contributed by atoms with Crippen LogP contribution in [0.5, 0.6) is 0 Å². The number of quaternary nitrogens is 1. The van der Waals surface area contributed by atoms with Crippen LogP contribution in [-0.4, -0.2) is 74.5 Å². The van der Waals surface area contributed by atoms with Crippen LogP contribution in [0.2, 0.25) is 0 Å². The molecular formula is C29H56NO7S+. The molecule has 224 valence electrons. The summed E-state index contributed by atoms with van der Waals surface area (Å²) in [5.74, 6) is -0.455. The lowest BCUT2D eigenvalue weighted by Gasteiger charge is -2.29. The molecule has 0 bridgehead atoms. The van der Waals surface area contributed by atoms with Gasteiger partial charge < -0.3 is 14.0 Å². The van der Waals surface area contributed by atoms with Crippen molar-refractivity contribution in [2.45, 2.75) is 123 Å². The third-order valence-corrected chi connectivity index (χ3v) is 7.86. The molecule has 0 aromatic rings. The lowest BCUT2D eigenvalue weighted by atomic mass is 9.93. The van der Waals surface area contributed by atoms with Crippen LogP contribution >= 0.6 is 0 Å². The third-order valence-electron chi connectivity index (χ3n) is 7.06. The van der Waals surface area contributed by atoms with E-state index in [9.17, 15) is 22.8 Å². The van der Waals surface area contributed by atoms with Crippen molar-refractivity contribution in [1.29, 1.82) is 0 Å². The summed E-state index contributed by atoms with van der Waals surface area (Å²) in [4.78, 5) is 35.8. The first kappa shape index (κ1) is 36.7. The van der Waals surface area contributed by atoms with Gasteiger partial charge in [0.15, 0.2) is 0 Å². The Bertz CT molecular complexity index is 765. The summed E-state index contributed by atoms with van der Waals surface area (Å²) < 4.78 is 36.5. The lowest BCUT2D eigenvalue weighted by Crippen LogP contribution is -2.41. The lowest BCUT2D eigenvalue weighted by molar-refractivity contribution is -0.890. The topological polar surface area (TPSA) is 115 Å². The molecule has 0 saturated carbocycles. The van der Waals surface area contributed by atoms with Crippen LogP contribution in [0.25, 0.3) is 0 Å². The fraction of sp³-hybridized carbons (Fsp3) is 0.897. The van der Waals surface area contributed by atoms with Gasteiger partial charge in [-0.1, -0.05) is 44.9 Å². The van der Waals surface area contributed by atoms with Crippen LogP contribution in [0, 0.1) is 5.92 Å². The van der Waals surface area contributed by atoms with E-state index in [2.05, 4.69) is 14.1 Å². The number of carbonyl (C=O) groups excluding carboxylic acids is 3. The summed E-state index contributed by atoms with van der Waals surface area (Å²) in [5.41, 5.74) is 0. The quantitative estimate of drug-likeness (QED) is 0.0602. The summed E-state index contributed by atoms with van der Waals surface area (Å²) in [6.07, 6.45) is 14.8. The largest absolute Gasteiger partial charge is 0.466 e. The molecule has 8 nitrogen and oxygen atoms in total. The molecule has 1 N–H and O–H groups in total. The highest BCUT2D eigenvalue weighted by atomic mass is 32.2. The van der Waals surface area contributed by atoms with E-state index in [0.717, 1.165) is 68.9 Å². The van der Waals surface area contributed by atoms with Crippen molar-refractivity contribution in [3.05, 3.63) is 0 Å². The number of ketones is 2. The molecule has 0 amide bonds. The van der Waals surface area contributed by atoms with E-state index in [1.165, 1.54) is 25.7 Å². The van der Waals surface area contributed by atoms with E-state index in [0.29, 0.717) is 32.3 Å². The number of esters is 1. The van der Waals surface area contributed by atoms with Crippen molar-refractivity contribution in [3.8, 4) is 0 Å². The number of nitrogens with zero attached hydrogens (tertiary/aromatic N) is 1. The average molecular weight is 563 g/mol. The Balaban J connectivity index is 3.89. The average Bonchev–Trinajstić information content (AvgIpc) is 2.81. The van der Waals surface area contributed by atoms with Gasteiger partial charge in [0.25, 0.3) is 10.1 Å². The Morgan fingerprint density at radius 1 is 0.763 bits per heavy atom. The van der Waals surface area contributed by atoms with Crippen molar-refractivity contribution in [1.82, 2.24) is 0 Å². The Morgan fingerprint density at radius 2 is 1.26 bits per heavy atom. The van der Waals surface area contributed by atoms with E-state index in [1.54, 1.807) is 13.8 Å². The first-order valence-electron chi connectivity index (χ1n) is 14.8. The van der Waals surface area contributed by atoms with Gasteiger partial charge in [0.05, 0.1) is 45.5 Å². The third kappa shape index (κ3) is 23.8. The van der Waals surface area contributed by atoms with Gasteiger partial charge in [-0.3, -0.25) is 14.1 Å². The van der Waals surface area contributed by atoms with Crippen LogP contribution in [0.4, 0.5) is 0 Å². The monoisotopic (exact) mass is 562 g/mol. The van der Waals surface area contributed by atoms with Gasteiger partial charge in [-0.15, -0.1) is 0 Å². The zero-order valence-electron chi connectivity index (χ0n) is 24.7. The smallest absolute Gasteiger partial charge is 0.309 e. The van der Waals surface area contributed by atoms with E-state index in [1.807, 2.05) is 0 Å². The molecule has 1 atom stereocenters. The molecule has 1 unspecified atom stereocenters. The molecule has 0 aromatic carbocycles. The van der Waals surface area contributed by atoms with Crippen LogP contribution < -0.4 is 0 Å². The first-order chi connectivity index (χ1) is 17.9. The van der Waals surface area contributed by atoms with Crippen LogP contribution in [0.1, 0.15) is 123 Å². The second-order valence-corrected chi connectivity index (χ2v) is 13.0. The zero-order chi connectivity index (χ0) is 28.9. The maximum atomic E-state index is 12.5. The molecule has 0 radical (unpaired) electrons. The summed E-state index contributed by atoms with van der Waals surface area (Å²) in [5, 5.41) is 0. The number of ether oxygens (including phenoxy) is 1. The van der Waals surface area contributed by atoms with Crippen molar-refractivity contribution in [3.63, 3.8) is 0 Å². The summed E-state index contributed by atoms with van der Waals surface area (Å²) in [6.45, 7) is 5.68. The van der Waals surface area contributed by atoms with E-state index in [-0.39, 0.29) is 35.6 Å². The molecule has 0 heterocycles. The molecule has 0 aliphatic heterocycles. The molecule has 0 aliphatic rings. The molecule has 38 heavy (non-hydrogen) atoms. The normalized spacial score (nSPS) is 12.9. The second kappa shape index (κ2) is 21.5. The highest BCUT2D eigenvalue weighted by Crippen LogP contribution is 2.19. The van der Waals surface area contributed by atoms with Gasteiger partial charge in [0.1, 0.15) is 11.6 Å². The summed E-state index contributed by atoms with van der Waals surface area (Å²) in [6, 6.07) is 0. The Hall–Kier alpha value is -1.32. The van der Waals surface area contributed by atoms with Crippen LogP contribution in [-0.2, 0) is 29.2 Å². The fourth-order valence-corrected chi connectivity index (χ4v) is 5.31. The van der Waals surface area contributed by atoms with Gasteiger partial charge in [0.2, 0.25) is 0 Å². The highest BCUT2D eigenvalue weighted by molar-refractivity contribution is 7.85. The minimum atomic E-state index is -3.85. The van der Waals surface area contributed by atoms with Gasteiger partial charge in [-0.2, -0.15) is 8.42 Å². The molecule has 0 saturated heterocycles. The number of rotatable bonds is 26. The van der Waals surface area contributed by atoms with Crippen LogP contribution in [0.15, 0.2) is 0 Å². The van der Waals surface area contributed by atoms with Crippen molar-refractivity contribution >= 4 is 27.7 Å². The standard InChI is InChI=1S/C29H55NO7S/c1-5-37-29(33)27(20-14-12-13-19-26(2)31)25-28(32)21-15-10-8-6-7-9-11-16-22-30(3,4)23-17-18-24-38(34,35)36/h27H,5-25H2,1-4H3/p+1. The molecule has 9 heteroatoms. The SMILES string of the molecule is CCOC(=O)C(CCCCCC(C)=O)CC(=O)CCCCCCCCCC[N+](C)(C)CCCCS(=O)(=O)O. The van der Waals surface area contributed by atoms with Crippen molar-refractivity contribution < 1.29 is 36.6 Å². The molecule has 0 fully saturated rings. The number of Topliss-reactive ketones (excluding diaryl/α,β-unsaturated/α-hetero) is 2. The fourth-order valence-electron chi connectivity index (χ4n) is 4.74. The predicted octanol–water partition coefficient (Wildman–Crippen LogP) is 5.92. The van der Waals surface area contributed by atoms with E-state index in [4.69, 9.17) is 9.29 Å². The Labute approximate surface area is 232 Å². The minimum Gasteiger partial charge on any atom is -0.466 e. The molecule has 0 aliphatic carbocycles. The highest BCUT2D eigenvalue weighted by Gasteiger charge is 2.22. The number of hydrogen-bond acceptors (Lipinski definition) is 6. The van der Waals surface area contributed by atoms with Gasteiger partial charge >= 0.3 is 5.97 Å². The molecule has 0 spiro atoms. The zero-order valence-corrected chi connectivity index (χ0v) is 25.5. The number of hydrogen-bond donors (Lipinski definition) is 1. The van der Waals surface area contributed by atoms with Gasteiger partial charge in [-0.25, -0.2) is 0 Å². The number of carbonyl (C=O) groups is 3. The van der Waals surface area contributed by atoms with Gasteiger partial charge in [-0.05, 0) is 58.8 Å². The van der Waals surface area contributed by atoms with Gasteiger partial charge in [0, 0.05) is 19.3 Å². The summed E-state index contributed by atoms with van der Waals surface area (Å²) >= 11 is 0. The van der Waals surface area contributed by atoms with E-state index < -0.39 is 10.1 Å². The minimum absolute atomic E-state index is 0.144. The van der Waals surface area contributed by atoms with E-state index >= 15 is 0 Å². The van der Waals surface area contributed by atoms with Crippen molar-refractivity contribution in [2.75, 3.05) is 39.5 Å². The maximum absolute atomic E-state index is 12.5. The predicted molar refractivity (Wildman–Crippen MR) is 153 cm³/mol. The second-order valence-electron chi connectivity index (χ2n) is 11.4. The van der Waals surface area contributed by atoms with Crippen LogP contribution in [0.3, 0.4) is 0 Å². The molecular weight excluding hydrogens is 506 g/mol.